The van der Waals surface area contributed by atoms with Crippen molar-refractivity contribution in [1.82, 2.24) is 19.4 Å². The van der Waals surface area contributed by atoms with E-state index in [0.717, 1.165) is 38.4 Å². The number of benzene rings is 1. The van der Waals surface area contributed by atoms with Gasteiger partial charge >= 0.3 is 0 Å². The van der Waals surface area contributed by atoms with Gasteiger partial charge in [-0.25, -0.2) is 13.8 Å². The molecule has 1 aliphatic rings. The molecule has 0 unspecified atom stereocenters. The average molecular weight is 306 g/mol. The molecule has 0 amide bonds. The zero-order valence-electron chi connectivity index (χ0n) is 12.4. The van der Waals surface area contributed by atoms with E-state index in [0.29, 0.717) is 0 Å². The monoisotopic (exact) mass is 306 g/mol. The quantitative estimate of drug-likeness (QED) is 0.847. The summed E-state index contributed by atoms with van der Waals surface area (Å²) in [4.78, 5) is 8.19. The lowest BCUT2D eigenvalue weighted by Gasteiger charge is -2.34. The fourth-order valence-electron chi connectivity index (χ4n) is 2.77. The van der Waals surface area contributed by atoms with Crippen LogP contribution in [0.15, 0.2) is 43.0 Å². The van der Waals surface area contributed by atoms with Gasteiger partial charge in [-0.05, 0) is 17.7 Å². The van der Waals surface area contributed by atoms with Crippen molar-refractivity contribution in [3.05, 3.63) is 48.5 Å². The Bertz CT molecular complexity index is 560. The maximum atomic E-state index is 12.4. The van der Waals surface area contributed by atoms with Gasteiger partial charge < -0.3 is 4.57 Å². The highest BCUT2D eigenvalue weighted by molar-refractivity contribution is 5.34. The molecule has 0 bridgehead atoms. The summed E-state index contributed by atoms with van der Waals surface area (Å²) in [5.74, 6) is 0. The highest BCUT2D eigenvalue weighted by Crippen LogP contribution is 2.13. The van der Waals surface area contributed by atoms with Gasteiger partial charge in [-0.15, -0.1) is 0 Å². The summed E-state index contributed by atoms with van der Waals surface area (Å²) in [6, 6.07) is 8.37. The number of piperazine rings is 1. The van der Waals surface area contributed by atoms with E-state index in [1.165, 1.54) is 5.56 Å². The van der Waals surface area contributed by atoms with Crippen molar-refractivity contribution in [3.63, 3.8) is 0 Å². The highest BCUT2D eigenvalue weighted by Gasteiger charge is 2.19. The molecule has 22 heavy (non-hydrogen) atoms. The molecule has 1 aromatic heterocycles. The average Bonchev–Trinajstić information content (AvgIpc) is 3.04. The van der Waals surface area contributed by atoms with Crippen molar-refractivity contribution in [1.29, 1.82) is 0 Å². The summed E-state index contributed by atoms with van der Waals surface area (Å²) >= 11 is 0. The lowest BCUT2D eigenvalue weighted by atomic mass is 10.1. The van der Waals surface area contributed by atoms with E-state index in [9.17, 15) is 8.78 Å². The van der Waals surface area contributed by atoms with Gasteiger partial charge in [-0.2, -0.15) is 0 Å². The van der Waals surface area contributed by atoms with Crippen LogP contribution in [0.3, 0.4) is 0 Å². The molecule has 0 radical (unpaired) electrons. The third-order valence-corrected chi connectivity index (χ3v) is 4.01. The first kappa shape index (κ1) is 15.1. The minimum Gasteiger partial charge on any atom is -0.306 e. The molecule has 0 atom stereocenters. The van der Waals surface area contributed by atoms with Gasteiger partial charge in [0.1, 0.15) is 0 Å². The Balaban J connectivity index is 1.52. The maximum absolute atomic E-state index is 12.4. The van der Waals surface area contributed by atoms with Gasteiger partial charge in [0.25, 0.3) is 6.43 Å². The zero-order valence-corrected chi connectivity index (χ0v) is 12.4. The molecule has 1 aromatic carbocycles. The van der Waals surface area contributed by atoms with Crippen LogP contribution in [0.5, 0.6) is 0 Å². The summed E-state index contributed by atoms with van der Waals surface area (Å²) in [7, 11) is 0. The van der Waals surface area contributed by atoms with Gasteiger partial charge in [-0.3, -0.25) is 9.80 Å². The Labute approximate surface area is 129 Å². The first-order valence-electron chi connectivity index (χ1n) is 7.51. The fraction of sp³-hybridized carbons (Fsp3) is 0.438. The predicted octanol–water partition coefficient (Wildman–Crippen LogP) is 2.25. The number of alkyl halides is 2. The Morgan fingerprint density at radius 2 is 1.68 bits per heavy atom. The number of hydrogen-bond acceptors (Lipinski definition) is 3. The Morgan fingerprint density at radius 3 is 2.27 bits per heavy atom. The van der Waals surface area contributed by atoms with Crippen molar-refractivity contribution in [2.45, 2.75) is 13.0 Å². The lowest BCUT2D eigenvalue weighted by molar-refractivity contribution is 0.0543. The number of imidazole rings is 1. The number of aromatic nitrogens is 2. The standard InChI is InChI=1S/C16H20F2N4/c17-16(18)12-21-9-7-20(8-10-21)11-14-1-3-15(4-2-14)22-6-5-19-13-22/h1-6,13,16H,7-12H2. The molecule has 2 aromatic rings. The van der Waals surface area contributed by atoms with Crippen LogP contribution >= 0.6 is 0 Å². The van der Waals surface area contributed by atoms with Crippen LogP contribution in [0.25, 0.3) is 5.69 Å². The molecule has 1 saturated heterocycles. The summed E-state index contributed by atoms with van der Waals surface area (Å²) in [6.07, 6.45) is 3.21. The van der Waals surface area contributed by atoms with Crippen LogP contribution in [0, 0.1) is 0 Å². The van der Waals surface area contributed by atoms with E-state index in [2.05, 4.69) is 34.1 Å². The normalized spacial score (nSPS) is 17.2. The molecule has 0 N–H and O–H groups in total. The molecule has 6 heteroatoms. The van der Waals surface area contributed by atoms with E-state index in [1.807, 2.05) is 15.7 Å². The summed E-state index contributed by atoms with van der Waals surface area (Å²) in [5.41, 5.74) is 2.33. The number of halogens is 2. The van der Waals surface area contributed by atoms with Gasteiger partial charge in [0, 0.05) is 50.8 Å². The van der Waals surface area contributed by atoms with E-state index in [1.54, 1.807) is 12.5 Å². The molecule has 2 heterocycles. The minimum absolute atomic E-state index is 0.104. The Kier molecular flexibility index (Phi) is 4.80. The van der Waals surface area contributed by atoms with Gasteiger partial charge in [0.2, 0.25) is 0 Å². The topological polar surface area (TPSA) is 24.3 Å². The molecule has 1 aliphatic heterocycles. The summed E-state index contributed by atoms with van der Waals surface area (Å²) < 4.78 is 26.7. The van der Waals surface area contributed by atoms with Crippen molar-refractivity contribution in [2.75, 3.05) is 32.7 Å². The van der Waals surface area contributed by atoms with Crippen LogP contribution in [0.2, 0.25) is 0 Å². The van der Waals surface area contributed by atoms with Crippen LogP contribution in [0.4, 0.5) is 8.78 Å². The first-order chi connectivity index (χ1) is 10.7. The molecule has 0 spiro atoms. The molecule has 118 valence electrons. The second-order valence-electron chi connectivity index (χ2n) is 5.60. The number of hydrogen-bond donors (Lipinski definition) is 0. The third kappa shape index (κ3) is 3.90. The van der Waals surface area contributed by atoms with Crippen LogP contribution in [-0.2, 0) is 6.54 Å². The highest BCUT2D eigenvalue weighted by atomic mass is 19.3. The van der Waals surface area contributed by atoms with Gasteiger partial charge in [0.15, 0.2) is 0 Å². The molecular formula is C16H20F2N4. The van der Waals surface area contributed by atoms with Gasteiger partial charge in [0.05, 0.1) is 12.9 Å². The molecule has 0 aliphatic carbocycles. The molecular weight excluding hydrogens is 286 g/mol. The molecule has 3 rings (SSSR count). The molecule has 0 saturated carbocycles. The lowest BCUT2D eigenvalue weighted by Crippen LogP contribution is -2.47. The maximum Gasteiger partial charge on any atom is 0.251 e. The summed E-state index contributed by atoms with van der Waals surface area (Å²) in [5, 5.41) is 0. The van der Waals surface area contributed by atoms with Crippen molar-refractivity contribution >= 4 is 0 Å². The van der Waals surface area contributed by atoms with Gasteiger partial charge in [-0.1, -0.05) is 12.1 Å². The van der Waals surface area contributed by atoms with E-state index in [4.69, 9.17) is 0 Å². The number of rotatable bonds is 5. The summed E-state index contributed by atoms with van der Waals surface area (Å²) in [6.45, 7) is 3.89. The van der Waals surface area contributed by atoms with E-state index < -0.39 is 6.43 Å². The minimum atomic E-state index is -2.23. The van der Waals surface area contributed by atoms with Crippen LogP contribution in [0.1, 0.15) is 5.56 Å². The van der Waals surface area contributed by atoms with Crippen molar-refractivity contribution < 1.29 is 8.78 Å². The fourth-order valence-corrected chi connectivity index (χ4v) is 2.77. The molecule has 4 nitrogen and oxygen atoms in total. The van der Waals surface area contributed by atoms with Crippen LogP contribution in [-0.4, -0.2) is 58.5 Å². The Morgan fingerprint density at radius 1 is 1.00 bits per heavy atom. The predicted molar refractivity (Wildman–Crippen MR) is 81.3 cm³/mol. The van der Waals surface area contributed by atoms with Crippen LogP contribution < -0.4 is 0 Å². The SMILES string of the molecule is FC(F)CN1CCN(Cc2ccc(-n3ccnc3)cc2)CC1. The molecule has 1 fully saturated rings. The smallest absolute Gasteiger partial charge is 0.251 e. The first-order valence-corrected chi connectivity index (χ1v) is 7.51. The zero-order chi connectivity index (χ0) is 15.4. The van der Waals surface area contributed by atoms with Crippen molar-refractivity contribution in [3.8, 4) is 5.69 Å². The second kappa shape index (κ2) is 6.98. The Hall–Kier alpha value is -1.79. The van der Waals surface area contributed by atoms with E-state index in [-0.39, 0.29) is 6.54 Å². The third-order valence-electron chi connectivity index (χ3n) is 4.01. The number of nitrogens with zero attached hydrogens (tertiary/aromatic N) is 4. The van der Waals surface area contributed by atoms with Crippen molar-refractivity contribution in [2.24, 2.45) is 0 Å². The second-order valence-corrected chi connectivity index (χ2v) is 5.60. The van der Waals surface area contributed by atoms with E-state index >= 15 is 0 Å². The largest absolute Gasteiger partial charge is 0.306 e.